The molecule has 0 saturated heterocycles. The van der Waals surface area contributed by atoms with E-state index in [1.54, 1.807) is 29.7 Å². The third-order valence-corrected chi connectivity index (χ3v) is 3.34. The number of imidazole rings is 1. The first-order valence-corrected chi connectivity index (χ1v) is 6.14. The minimum absolute atomic E-state index is 0.295. The molecule has 96 valence electrons. The highest BCUT2D eigenvalue weighted by atomic mass is 32.1. The maximum Gasteiger partial charge on any atom is 0.182 e. The molecular weight excluding hydrogens is 266 g/mol. The molecule has 0 saturated carbocycles. The Morgan fingerprint density at radius 3 is 2.63 bits per heavy atom. The molecule has 0 radical (unpaired) electrons. The number of hydrogen-bond donors (Lipinski definition) is 1. The molecule has 2 aromatic carbocycles. The molecule has 0 amide bonds. The monoisotopic (exact) mass is 276 g/mol. The number of rotatable bonds is 1. The predicted octanol–water partition coefficient (Wildman–Crippen LogP) is 4.27. The Labute approximate surface area is 113 Å². The molecule has 0 fully saturated rings. The van der Waals surface area contributed by atoms with E-state index in [0.717, 1.165) is 5.52 Å². The quantitative estimate of drug-likeness (QED) is 0.658. The summed E-state index contributed by atoms with van der Waals surface area (Å²) in [7, 11) is 0. The molecule has 3 rings (SSSR count). The van der Waals surface area contributed by atoms with E-state index in [9.17, 15) is 8.78 Å². The van der Waals surface area contributed by atoms with Crippen LogP contribution in [0, 0.1) is 23.3 Å². The van der Waals surface area contributed by atoms with E-state index >= 15 is 0 Å². The lowest BCUT2D eigenvalue weighted by Crippen LogP contribution is -1.95. The number of nitrogens with one attached hydrogen (secondary N) is 1. The van der Waals surface area contributed by atoms with Crippen molar-refractivity contribution in [2.75, 3.05) is 0 Å². The lowest BCUT2D eigenvalue weighted by Gasteiger charge is -2.06. The second-order valence-electron chi connectivity index (χ2n) is 4.36. The summed E-state index contributed by atoms with van der Waals surface area (Å²) < 4.78 is 28.9. The second-order valence-corrected chi connectivity index (χ2v) is 4.75. The number of benzene rings is 2. The Morgan fingerprint density at radius 2 is 1.89 bits per heavy atom. The SMILES string of the molecule is Cc1ccc(-n2c(=S)[nH]c3cc(F)ccc32)cc1F. The summed E-state index contributed by atoms with van der Waals surface area (Å²) in [6.07, 6.45) is 0. The summed E-state index contributed by atoms with van der Waals surface area (Å²) in [5.41, 5.74) is 2.49. The standard InChI is InChI=1S/C14H10F2N2S/c1-8-2-4-10(7-11(8)16)18-13-5-3-9(15)6-12(13)17-14(18)19/h2-7H,1H3,(H,17,19). The average Bonchev–Trinajstić information content (AvgIpc) is 2.68. The summed E-state index contributed by atoms with van der Waals surface area (Å²) in [5, 5.41) is 0. The van der Waals surface area contributed by atoms with E-state index < -0.39 is 0 Å². The molecule has 1 aromatic heterocycles. The van der Waals surface area contributed by atoms with Crippen LogP contribution in [0.5, 0.6) is 0 Å². The fraction of sp³-hybridized carbons (Fsp3) is 0.0714. The molecule has 0 bridgehead atoms. The van der Waals surface area contributed by atoms with Gasteiger partial charge in [-0.2, -0.15) is 0 Å². The lowest BCUT2D eigenvalue weighted by molar-refractivity contribution is 0.617. The summed E-state index contributed by atoms with van der Waals surface area (Å²) in [5.74, 6) is -0.637. The largest absolute Gasteiger partial charge is 0.330 e. The Kier molecular flexibility index (Phi) is 2.71. The second kappa shape index (κ2) is 4.28. The molecule has 0 aliphatic rings. The highest BCUT2D eigenvalue weighted by Crippen LogP contribution is 2.21. The molecule has 0 unspecified atom stereocenters. The van der Waals surface area contributed by atoms with Crippen LogP contribution in [0.3, 0.4) is 0 Å². The zero-order valence-corrected chi connectivity index (χ0v) is 10.9. The number of nitrogens with zero attached hydrogens (tertiary/aromatic N) is 1. The first kappa shape index (κ1) is 12.0. The molecule has 0 aliphatic heterocycles. The van der Waals surface area contributed by atoms with Gasteiger partial charge in [0.15, 0.2) is 4.77 Å². The Hall–Kier alpha value is -2.01. The smallest absolute Gasteiger partial charge is 0.182 e. The van der Waals surface area contributed by atoms with Gasteiger partial charge in [0.1, 0.15) is 11.6 Å². The van der Waals surface area contributed by atoms with Crippen molar-refractivity contribution in [2.24, 2.45) is 0 Å². The van der Waals surface area contributed by atoms with Crippen molar-refractivity contribution in [1.82, 2.24) is 9.55 Å². The molecule has 0 aliphatic carbocycles. The van der Waals surface area contributed by atoms with Gasteiger partial charge in [0.05, 0.1) is 16.7 Å². The van der Waals surface area contributed by atoms with E-state index in [0.29, 0.717) is 21.5 Å². The Balaban J connectivity index is 2.32. The topological polar surface area (TPSA) is 20.7 Å². The maximum absolute atomic E-state index is 13.6. The summed E-state index contributed by atoms with van der Waals surface area (Å²) in [6, 6.07) is 9.23. The molecule has 5 heteroatoms. The number of aromatic amines is 1. The van der Waals surface area contributed by atoms with Gasteiger partial charge in [0.2, 0.25) is 0 Å². The van der Waals surface area contributed by atoms with Gasteiger partial charge in [-0.05, 0) is 55.0 Å². The van der Waals surface area contributed by atoms with E-state index in [-0.39, 0.29) is 11.6 Å². The van der Waals surface area contributed by atoms with Crippen LogP contribution in [0.25, 0.3) is 16.7 Å². The zero-order valence-electron chi connectivity index (χ0n) is 10.1. The minimum Gasteiger partial charge on any atom is -0.330 e. The highest BCUT2D eigenvalue weighted by Gasteiger charge is 2.08. The van der Waals surface area contributed by atoms with Gasteiger partial charge in [0, 0.05) is 0 Å². The zero-order chi connectivity index (χ0) is 13.6. The number of fused-ring (bicyclic) bond motifs is 1. The molecule has 19 heavy (non-hydrogen) atoms. The van der Waals surface area contributed by atoms with Crippen LogP contribution in [0.15, 0.2) is 36.4 Å². The van der Waals surface area contributed by atoms with Gasteiger partial charge in [-0.15, -0.1) is 0 Å². The van der Waals surface area contributed by atoms with Crippen LogP contribution in [-0.2, 0) is 0 Å². The highest BCUT2D eigenvalue weighted by molar-refractivity contribution is 7.71. The number of halogens is 2. The van der Waals surface area contributed by atoms with E-state index in [1.807, 2.05) is 0 Å². The first-order valence-electron chi connectivity index (χ1n) is 5.73. The van der Waals surface area contributed by atoms with Gasteiger partial charge < -0.3 is 4.98 Å². The number of aromatic nitrogens is 2. The third-order valence-electron chi connectivity index (χ3n) is 3.06. The van der Waals surface area contributed by atoms with E-state index in [2.05, 4.69) is 4.98 Å². The summed E-state index contributed by atoms with van der Waals surface area (Å²) in [4.78, 5) is 2.92. The van der Waals surface area contributed by atoms with Crippen molar-refractivity contribution in [2.45, 2.75) is 6.92 Å². The van der Waals surface area contributed by atoms with Crippen LogP contribution in [0.2, 0.25) is 0 Å². The minimum atomic E-state index is -0.342. The predicted molar refractivity (Wildman–Crippen MR) is 73.1 cm³/mol. The van der Waals surface area contributed by atoms with Crippen molar-refractivity contribution in [1.29, 1.82) is 0 Å². The average molecular weight is 276 g/mol. The fourth-order valence-corrected chi connectivity index (χ4v) is 2.37. The third kappa shape index (κ3) is 1.96. The molecule has 0 atom stereocenters. The van der Waals surface area contributed by atoms with E-state index in [1.165, 1.54) is 18.2 Å². The van der Waals surface area contributed by atoms with Crippen LogP contribution in [-0.4, -0.2) is 9.55 Å². The molecular formula is C14H10F2N2S. The van der Waals surface area contributed by atoms with Crippen molar-refractivity contribution in [3.63, 3.8) is 0 Å². The number of hydrogen-bond acceptors (Lipinski definition) is 1. The fourth-order valence-electron chi connectivity index (χ4n) is 2.06. The van der Waals surface area contributed by atoms with Gasteiger partial charge in [-0.25, -0.2) is 8.78 Å². The Bertz CT molecular complexity index is 833. The number of aryl methyl sites for hydroxylation is 1. The van der Waals surface area contributed by atoms with Gasteiger partial charge in [0.25, 0.3) is 0 Å². The molecule has 3 aromatic rings. The van der Waals surface area contributed by atoms with Crippen LogP contribution < -0.4 is 0 Å². The van der Waals surface area contributed by atoms with Crippen molar-refractivity contribution in [3.8, 4) is 5.69 Å². The van der Waals surface area contributed by atoms with Crippen molar-refractivity contribution >= 4 is 23.3 Å². The number of H-pyrrole nitrogens is 1. The molecule has 1 N–H and O–H groups in total. The van der Waals surface area contributed by atoms with E-state index in [4.69, 9.17) is 12.2 Å². The normalized spacial score (nSPS) is 11.1. The molecule has 2 nitrogen and oxygen atoms in total. The van der Waals surface area contributed by atoms with Crippen molar-refractivity contribution in [3.05, 3.63) is 58.4 Å². The maximum atomic E-state index is 13.6. The van der Waals surface area contributed by atoms with Crippen molar-refractivity contribution < 1.29 is 8.78 Å². The van der Waals surface area contributed by atoms with Gasteiger partial charge >= 0.3 is 0 Å². The lowest BCUT2D eigenvalue weighted by atomic mass is 10.2. The Morgan fingerprint density at radius 1 is 1.11 bits per heavy atom. The van der Waals surface area contributed by atoms with Crippen LogP contribution in [0.1, 0.15) is 5.56 Å². The molecule has 0 spiro atoms. The van der Waals surface area contributed by atoms with Gasteiger partial charge in [-0.1, -0.05) is 6.07 Å². The summed E-state index contributed by atoms with van der Waals surface area (Å²) >= 11 is 5.22. The van der Waals surface area contributed by atoms with Gasteiger partial charge in [-0.3, -0.25) is 4.57 Å². The van der Waals surface area contributed by atoms with Crippen LogP contribution in [0.4, 0.5) is 8.78 Å². The first-order chi connectivity index (χ1) is 9.06. The molecule has 1 heterocycles. The van der Waals surface area contributed by atoms with Crippen LogP contribution >= 0.6 is 12.2 Å². The summed E-state index contributed by atoms with van der Waals surface area (Å²) in [6.45, 7) is 1.70.